The van der Waals surface area contributed by atoms with E-state index < -0.39 is 6.04 Å². The highest BCUT2D eigenvalue weighted by molar-refractivity contribution is 5.77. The molecule has 0 radical (unpaired) electrons. The standard InChI is InChI=1S/C17H17NO2/c18-16(13-7-2-1-3-8-13)17(19)20-15-11-10-12-6-4-5-9-14(12)15/h1-9,15-16H,10-11,18H2/t15?,16-/m1/s1. The van der Waals surface area contributed by atoms with E-state index in [1.807, 2.05) is 48.5 Å². The molecular formula is C17H17NO2. The lowest BCUT2D eigenvalue weighted by molar-refractivity contribution is -0.151. The Morgan fingerprint density at radius 3 is 2.60 bits per heavy atom. The predicted molar refractivity (Wildman–Crippen MR) is 77.0 cm³/mol. The Balaban J connectivity index is 1.72. The van der Waals surface area contributed by atoms with Crippen LogP contribution in [0.3, 0.4) is 0 Å². The van der Waals surface area contributed by atoms with Gasteiger partial charge in [-0.3, -0.25) is 0 Å². The molecule has 0 spiro atoms. The summed E-state index contributed by atoms with van der Waals surface area (Å²) in [4.78, 5) is 12.2. The SMILES string of the molecule is N[C@@H](C(=O)OC1CCc2ccccc21)c1ccccc1. The van der Waals surface area contributed by atoms with E-state index >= 15 is 0 Å². The van der Waals surface area contributed by atoms with Gasteiger partial charge in [0.1, 0.15) is 12.1 Å². The molecule has 0 fully saturated rings. The van der Waals surface area contributed by atoms with Crippen molar-refractivity contribution in [2.45, 2.75) is 25.0 Å². The van der Waals surface area contributed by atoms with Crippen LogP contribution < -0.4 is 5.73 Å². The molecule has 0 aromatic heterocycles. The van der Waals surface area contributed by atoms with Crippen molar-refractivity contribution in [2.24, 2.45) is 5.73 Å². The van der Waals surface area contributed by atoms with Crippen LogP contribution >= 0.6 is 0 Å². The first-order valence-corrected chi connectivity index (χ1v) is 6.84. The number of hydrogen-bond donors (Lipinski definition) is 1. The lowest BCUT2D eigenvalue weighted by Gasteiger charge is -2.17. The first-order chi connectivity index (χ1) is 9.75. The molecule has 2 atom stereocenters. The summed E-state index contributed by atoms with van der Waals surface area (Å²) in [6, 6.07) is 16.7. The van der Waals surface area contributed by atoms with Crippen LogP contribution in [-0.2, 0) is 16.0 Å². The van der Waals surface area contributed by atoms with Crippen molar-refractivity contribution in [3.63, 3.8) is 0 Å². The minimum atomic E-state index is -0.719. The number of esters is 1. The molecule has 0 aliphatic heterocycles. The van der Waals surface area contributed by atoms with Gasteiger partial charge in [0.15, 0.2) is 0 Å². The lowest BCUT2D eigenvalue weighted by atomic mass is 10.1. The summed E-state index contributed by atoms with van der Waals surface area (Å²) in [7, 11) is 0. The Kier molecular flexibility index (Phi) is 3.52. The summed E-state index contributed by atoms with van der Waals surface area (Å²) in [6.07, 6.45) is 1.63. The maximum absolute atomic E-state index is 12.2. The highest BCUT2D eigenvalue weighted by Gasteiger charge is 2.27. The van der Waals surface area contributed by atoms with E-state index in [9.17, 15) is 4.79 Å². The molecule has 2 N–H and O–H groups in total. The fourth-order valence-electron chi connectivity index (χ4n) is 2.65. The lowest BCUT2D eigenvalue weighted by Crippen LogP contribution is -2.24. The van der Waals surface area contributed by atoms with Crippen LogP contribution in [0.1, 0.15) is 35.3 Å². The maximum atomic E-state index is 12.2. The molecular weight excluding hydrogens is 250 g/mol. The van der Waals surface area contributed by atoms with Gasteiger partial charge in [0.2, 0.25) is 0 Å². The van der Waals surface area contributed by atoms with Crippen LogP contribution in [0.5, 0.6) is 0 Å². The van der Waals surface area contributed by atoms with Crippen LogP contribution in [0, 0.1) is 0 Å². The van der Waals surface area contributed by atoms with Crippen LogP contribution in [0.2, 0.25) is 0 Å². The number of aryl methyl sites for hydroxylation is 1. The maximum Gasteiger partial charge on any atom is 0.328 e. The van der Waals surface area contributed by atoms with Gasteiger partial charge < -0.3 is 10.5 Å². The molecule has 0 amide bonds. The van der Waals surface area contributed by atoms with Crippen molar-refractivity contribution in [1.82, 2.24) is 0 Å². The average Bonchev–Trinajstić information content (AvgIpc) is 2.91. The molecule has 0 bridgehead atoms. The number of ether oxygens (including phenoxy) is 1. The second-order valence-corrected chi connectivity index (χ2v) is 5.05. The average molecular weight is 267 g/mol. The van der Waals surface area contributed by atoms with Gasteiger partial charge in [-0.05, 0) is 29.5 Å². The number of hydrogen-bond acceptors (Lipinski definition) is 3. The second kappa shape index (κ2) is 5.47. The molecule has 2 aromatic carbocycles. The second-order valence-electron chi connectivity index (χ2n) is 5.05. The van der Waals surface area contributed by atoms with E-state index in [-0.39, 0.29) is 12.1 Å². The van der Waals surface area contributed by atoms with Crippen LogP contribution in [0.15, 0.2) is 54.6 Å². The first kappa shape index (κ1) is 12.9. The van der Waals surface area contributed by atoms with Gasteiger partial charge in [-0.15, -0.1) is 0 Å². The summed E-state index contributed by atoms with van der Waals surface area (Å²) < 4.78 is 5.59. The highest BCUT2D eigenvalue weighted by Crippen LogP contribution is 2.34. The Labute approximate surface area is 118 Å². The fourth-order valence-corrected chi connectivity index (χ4v) is 2.65. The Bertz CT molecular complexity index is 609. The molecule has 3 rings (SSSR count). The molecule has 3 heteroatoms. The topological polar surface area (TPSA) is 52.3 Å². The zero-order valence-corrected chi connectivity index (χ0v) is 11.2. The molecule has 1 unspecified atom stereocenters. The molecule has 0 saturated carbocycles. The smallest absolute Gasteiger partial charge is 0.328 e. The highest BCUT2D eigenvalue weighted by atomic mass is 16.5. The quantitative estimate of drug-likeness (QED) is 0.870. The normalized spacial score (nSPS) is 18.4. The Morgan fingerprint density at radius 1 is 1.10 bits per heavy atom. The van der Waals surface area contributed by atoms with Gasteiger partial charge in [-0.2, -0.15) is 0 Å². The summed E-state index contributed by atoms with van der Waals surface area (Å²) in [6.45, 7) is 0. The third-order valence-corrected chi connectivity index (χ3v) is 3.75. The molecule has 0 saturated heterocycles. The zero-order valence-electron chi connectivity index (χ0n) is 11.2. The van der Waals surface area contributed by atoms with E-state index in [1.54, 1.807) is 0 Å². The number of fused-ring (bicyclic) bond motifs is 1. The van der Waals surface area contributed by atoms with E-state index in [1.165, 1.54) is 5.56 Å². The van der Waals surface area contributed by atoms with Gasteiger partial charge in [0.05, 0.1) is 0 Å². The number of rotatable bonds is 3. The molecule has 1 aliphatic carbocycles. The summed E-state index contributed by atoms with van der Waals surface area (Å²) in [5.41, 5.74) is 9.12. The van der Waals surface area contributed by atoms with Crippen molar-refractivity contribution >= 4 is 5.97 Å². The first-order valence-electron chi connectivity index (χ1n) is 6.84. The van der Waals surface area contributed by atoms with Gasteiger partial charge in [0, 0.05) is 0 Å². The summed E-state index contributed by atoms with van der Waals surface area (Å²) in [5, 5.41) is 0. The molecule has 102 valence electrons. The summed E-state index contributed by atoms with van der Waals surface area (Å²) >= 11 is 0. The van der Waals surface area contributed by atoms with E-state index in [2.05, 4.69) is 6.07 Å². The van der Waals surface area contributed by atoms with Crippen LogP contribution in [0.25, 0.3) is 0 Å². The number of benzene rings is 2. The molecule has 2 aromatic rings. The third-order valence-electron chi connectivity index (χ3n) is 3.75. The van der Waals surface area contributed by atoms with Crippen molar-refractivity contribution in [1.29, 1.82) is 0 Å². The largest absolute Gasteiger partial charge is 0.456 e. The van der Waals surface area contributed by atoms with Gasteiger partial charge in [0.25, 0.3) is 0 Å². The van der Waals surface area contributed by atoms with Crippen molar-refractivity contribution in [3.05, 3.63) is 71.3 Å². The minimum Gasteiger partial charge on any atom is -0.456 e. The summed E-state index contributed by atoms with van der Waals surface area (Å²) in [5.74, 6) is -0.363. The van der Waals surface area contributed by atoms with Gasteiger partial charge >= 0.3 is 5.97 Å². The fraction of sp³-hybridized carbons (Fsp3) is 0.235. The molecule has 20 heavy (non-hydrogen) atoms. The number of carbonyl (C=O) groups excluding carboxylic acids is 1. The van der Waals surface area contributed by atoms with Gasteiger partial charge in [-0.25, -0.2) is 4.79 Å². The van der Waals surface area contributed by atoms with E-state index in [0.717, 1.165) is 24.0 Å². The van der Waals surface area contributed by atoms with Crippen molar-refractivity contribution in [3.8, 4) is 0 Å². The number of nitrogens with two attached hydrogens (primary N) is 1. The molecule has 1 aliphatic rings. The third kappa shape index (κ3) is 2.45. The Morgan fingerprint density at radius 2 is 1.80 bits per heavy atom. The predicted octanol–water partition coefficient (Wildman–Crippen LogP) is 2.92. The zero-order chi connectivity index (χ0) is 13.9. The molecule has 3 nitrogen and oxygen atoms in total. The van der Waals surface area contributed by atoms with Crippen LogP contribution in [-0.4, -0.2) is 5.97 Å². The Hall–Kier alpha value is -2.13. The van der Waals surface area contributed by atoms with E-state index in [0.29, 0.717) is 0 Å². The van der Waals surface area contributed by atoms with E-state index in [4.69, 9.17) is 10.5 Å². The monoisotopic (exact) mass is 267 g/mol. The van der Waals surface area contributed by atoms with Crippen molar-refractivity contribution in [2.75, 3.05) is 0 Å². The minimum absolute atomic E-state index is 0.159. The van der Waals surface area contributed by atoms with Crippen molar-refractivity contribution < 1.29 is 9.53 Å². The molecule has 0 heterocycles. The van der Waals surface area contributed by atoms with Crippen LogP contribution in [0.4, 0.5) is 0 Å². The van der Waals surface area contributed by atoms with Gasteiger partial charge in [-0.1, -0.05) is 54.6 Å². The number of carbonyl (C=O) groups is 1.